The van der Waals surface area contributed by atoms with Crippen molar-refractivity contribution in [2.24, 2.45) is 0 Å². The van der Waals surface area contributed by atoms with E-state index in [4.69, 9.17) is 0 Å². The molecule has 1 aromatic rings. The number of amides is 1. The minimum atomic E-state index is -0.431. The van der Waals surface area contributed by atoms with Gasteiger partial charge in [0, 0.05) is 16.7 Å². The van der Waals surface area contributed by atoms with Crippen molar-refractivity contribution in [1.82, 2.24) is 10.2 Å². The molecule has 0 aliphatic carbocycles. The predicted molar refractivity (Wildman–Crippen MR) is 88.2 cm³/mol. The van der Waals surface area contributed by atoms with E-state index in [0.29, 0.717) is 0 Å². The number of thiophene rings is 1. The third-order valence-corrected chi connectivity index (χ3v) is 6.05. The maximum Gasteiger partial charge on any atom is 0.244 e. The molecule has 3 nitrogen and oxygen atoms in total. The van der Waals surface area contributed by atoms with Crippen LogP contribution in [-0.2, 0) is 4.79 Å². The van der Waals surface area contributed by atoms with Gasteiger partial charge in [0.1, 0.15) is 6.17 Å². The normalized spacial score (nSPS) is 28.1. The second-order valence-corrected chi connectivity index (χ2v) is 7.77. The lowest BCUT2D eigenvalue weighted by Crippen LogP contribution is -2.44. The Hall–Kier alpha value is -0.520. The lowest BCUT2D eigenvalue weighted by molar-refractivity contribution is -0.134. The molecule has 5 heteroatoms. The van der Waals surface area contributed by atoms with Crippen LogP contribution in [0.2, 0.25) is 0 Å². The van der Waals surface area contributed by atoms with E-state index in [1.54, 1.807) is 11.3 Å². The topological polar surface area (TPSA) is 32.3 Å². The molecule has 1 amide bonds. The highest BCUT2D eigenvalue weighted by atomic mass is 32.2. The highest BCUT2D eigenvalue weighted by molar-refractivity contribution is 7.99. The van der Waals surface area contributed by atoms with E-state index in [1.165, 1.54) is 4.88 Å². The van der Waals surface area contributed by atoms with E-state index in [2.05, 4.69) is 48.5 Å². The Kier molecular flexibility index (Phi) is 5.15. The van der Waals surface area contributed by atoms with Crippen LogP contribution in [0.25, 0.3) is 0 Å². The van der Waals surface area contributed by atoms with Crippen molar-refractivity contribution in [1.29, 1.82) is 0 Å². The zero-order valence-electron chi connectivity index (χ0n) is 12.7. The van der Waals surface area contributed by atoms with Crippen LogP contribution in [-0.4, -0.2) is 33.9 Å². The second-order valence-electron chi connectivity index (χ2n) is 5.47. The number of nitrogens with one attached hydrogen (secondary N) is 1. The standard InChI is InChI=1S/C15H24N2OS2/c1-5-15(4)14(18)17(11(3)10-19-6-2)13(16-15)12-8-7-9-20-12/h7-9,11,13,16H,5-6,10H2,1-4H3. The first-order valence-electron chi connectivity index (χ1n) is 7.25. The summed E-state index contributed by atoms with van der Waals surface area (Å²) in [4.78, 5) is 16.1. The summed E-state index contributed by atoms with van der Waals surface area (Å²) in [5.41, 5.74) is -0.431. The van der Waals surface area contributed by atoms with Gasteiger partial charge < -0.3 is 4.90 Å². The van der Waals surface area contributed by atoms with Crippen molar-refractivity contribution in [3.63, 3.8) is 0 Å². The molecule has 112 valence electrons. The Morgan fingerprint density at radius 3 is 2.85 bits per heavy atom. The van der Waals surface area contributed by atoms with Crippen molar-refractivity contribution in [2.45, 2.75) is 51.9 Å². The van der Waals surface area contributed by atoms with Gasteiger partial charge in [-0.3, -0.25) is 10.1 Å². The third kappa shape index (κ3) is 2.90. The summed E-state index contributed by atoms with van der Waals surface area (Å²) in [5.74, 6) is 2.32. The first-order valence-corrected chi connectivity index (χ1v) is 9.28. The Balaban J connectivity index is 2.26. The van der Waals surface area contributed by atoms with Gasteiger partial charge in [-0.25, -0.2) is 0 Å². The van der Waals surface area contributed by atoms with Gasteiger partial charge in [-0.2, -0.15) is 11.8 Å². The fourth-order valence-electron chi connectivity index (χ4n) is 2.57. The molecule has 0 radical (unpaired) electrons. The zero-order chi connectivity index (χ0) is 14.8. The fraction of sp³-hybridized carbons (Fsp3) is 0.667. The molecule has 0 saturated carbocycles. The van der Waals surface area contributed by atoms with Crippen LogP contribution in [0, 0.1) is 0 Å². The van der Waals surface area contributed by atoms with E-state index >= 15 is 0 Å². The van der Waals surface area contributed by atoms with Gasteiger partial charge in [0.05, 0.1) is 5.54 Å². The SMILES string of the molecule is CCSCC(C)N1C(=O)C(C)(CC)NC1c1cccs1. The van der Waals surface area contributed by atoms with Crippen LogP contribution in [0.4, 0.5) is 0 Å². The van der Waals surface area contributed by atoms with Gasteiger partial charge in [0.15, 0.2) is 0 Å². The molecule has 1 aliphatic rings. The largest absolute Gasteiger partial charge is 0.317 e. The molecule has 1 aliphatic heterocycles. The second kappa shape index (κ2) is 6.50. The van der Waals surface area contributed by atoms with E-state index in [9.17, 15) is 4.79 Å². The maximum atomic E-state index is 12.8. The molecule has 2 heterocycles. The first-order chi connectivity index (χ1) is 9.53. The lowest BCUT2D eigenvalue weighted by atomic mass is 9.99. The van der Waals surface area contributed by atoms with Crippen LogP contribution >= 0.6 is 23.1 Å². The number of hydrogen-bond acceptors (Lipinski definition) is 4. The van der Waals surface area contributed by atoms with Crippen LogP contribution in [0.1, 0.15) is 45.2 Å². The van der Waals surface area contributed by atoms with Gasteiger partial charge in [-0.1, -0.05) is 19.9 Å². The predicted octanol–water partition coefficient (Wildman–Crippen LogP) is 3.49. The molecule has 1 saturated heterocycles. The monoisotopic (exact) mass is 312 g/mol. The molecule has 0 bridgehead atoms. The molecule has 0 aromatic carbocycles. The van der Waals surface area contributed by atoms with Crippen LogP contribution < -0.4 is 5.32 Å². The van der Waals surface area contributed by atoms with Crippen LogP contribution in [0.3, 0.4) is 0 Å². The van der Waals surface area contributed by atoms with Crippen molar-refractivity contribution < 1.29 is 4.79 Å². The van der Waals surface area contributed by atoms with Gasteiger partial charge in [0.25, 0.3) is 0 Å². The summed E-state index contributed by atoms with van der Waals surface area (Å²) >= 11 is 3.61. The van der Waals surface area contributed by atoms with Crippen molar-refractivity contribution >= 4 is 29.0 Å². The number of hydrogen-bond donors (Lipinski definition) is 1. The number of rotatable bonds is 6. The molecule has 20 heavy (non-hydrogen) atoms. The Morgan fingerprint density at radius 2 is 2.30 bits per heavy atom. The van der Waals surface area contributed by atoms with Crippen molar-refractivity contribution in [3.8, 4) is 0 Å². The molecular weight excluding hydrogens is 288 g/mol. The van der Waals surface area contributed by atoms with Gasteiger partial charge >= 0.3 is 0 Å². The van der Waals surface area contributed by atoms with E-state index in [0.717, 1.165) is 17.9 Å². The van der Waals surface area contributed by atoms with Crippen molar-refractivity contribution in [2.75, 3.05) is 11.5 Å². The summed E-state index contributed by atoms with van der Waals surface area (Å²) < 4.78 is 0. The number of carbonyl (C=O) groups excluding carboxylic acids is 1. The number of nitrogens with zero attached hydrogens (tertiary/aromatic N) is 1. The Bertz CT molecular complexity index is 449. The van der Waals surface area contributed by atoms with Crippen LogP contribution in [0.15, 0.2) is 17.5 Å². The number of thioether (sulfide) groups is 1. The molecule has 1 N–H and O–H groups in total. The Labute approximate surface area is 130 Å². The molecular formula is C15H24N2OS2. The minimum Gasteiger partial charge on any atom is -0.317 e. The van der Waals surface area contributed by atoms with E-state index in [-0.39, 0.29) is 18.1 Å². The summed E-state index contributed by atoms with van der Waals surface area (Å²) in [5, 5.41) is 5.63. The highest BCUT2D eigenvalue weighted by Crippen LogP contribution is 2.36. The molecule has 3 atom stereocenters. The molecule has 1 fully saturated rings. The quantitative estimate of drug-likeness (QED) is 0.872. The average molecular weight is 313 g/mol. The zero-order valence-corrected chi connectivity index (χ0v) is 14.3. The van der Waals surface area contributed by atoms with E-state index in [1.807, 2.05) is 18.7 Å². The lowest BCUT2D eigenvalue weighted by Gasteiger charge is -2.29. The fourth-order valence-corrected chi connectivity index (χ4v) is 4.08. The third-order valence-electron chi connectivity index (χ3n) is 4.00. The van der Waals surface area contributed by atoms with Crippen molar-refractivity contribution in [3.05, 3.63) is 22.4 Å². The average Bonchev–Trinajstić information content (AvgIpc) is 3.05. The molecule has 0 spiro atoms. The van der Waals surface area contributed by atoms with Gasteiger partial charge in [-0.05, 0) is 37.5 Å². The Morgan fingerprint density at radius 1 is 1.55 bits per heavy atom. The molecule has 2 rings (SSSR count). The molecule has 3 unspecified atom stereocenters. The minimum absolute atomic E-state index is 0.0277. The van der Waals surface area contributed by atoms with Crippen LogP contribution in [0.5, 0.6) is 0 Å². The van der Waals surface area contributed by atoms with Gasteiger partial charge in [-0.15, -0.1) is 11.3 Å². The maximum absolute atomic E-state index is 12.8. The highest BCUT2D eigenvalue weighted by Gasteiger charge is 2.49. The smallest absolute Gasteiger partial charge is 0.244 e. The summed E-state index contributed by atoms with van der Waals surface area (Å²) in [7, 11) is 0. The van der Waals surface area contributed by atoms with E-state index < -0.39 is 5.54 Å². The first kappa shape index (κ1) is 15.9. The number of carbonyl (C=O) groups is 1. The summed E-state index contributed by atoms with van der Waals surface area (Å²) in [6.45, 7) is 8.42. The molecule has 1 aromatic heterocycles. The summed E-state index contributed by atoms with van der Waals surface area (Å²) in [6.07, 6.45) is 0.845. The summed E-state index contributed by atoms with van der Waals surface area (Å²) in [6, 6.07) is 4.42. The van der Waals surface area contributed by atoms with Gasteiger partial charge in [0.2, 0.25) is 5.91 Å².